The van der Waals surface area contributed by atoms with E-state index in [2.05, 4.69) is 10.3 Å². The van der Waals surface area contributed by atoms with E-state index in [0.29, 0.717) is 32.5 Å². The van der Waals surface area contributed by atoms with Gasteiger partial charge in [0.05, 0.1) is 12.3 Å². The Labute approximate surface area is 153 Å². The Morgan fingerprint density at radius 2 is 2.08 bits per heavy atom. The highest BCUT2D eigenvalue weighted by atomic mass is 16.6. The lowest BCUT2D eigenvalue weighted by Crippen LogP contribution is -2.46. The lowest BCUT2D eigenvalue weighted by molar-refractivity contribution is -0.122. The summed E-state index contributed by atoms with van der Waals surface area (Å²) < 4.78 is 7.06. The molecule has 2 amide bonds. The second kappa shape index (κ2) is 8.21. The Morgan fingerprint density at radius 3 is 2.81 bits per heavy atom. The van der Waals surface area contributed by atoms with Crippen LogP contribution in [0.15, 0.2) is 24.4 Å². The predicted molar refractivity (Wildman–Crippen MR) is 98.0 cm³/mol. The average Bonchev–Trinajstić information content (AvgIpc) is 2.96. The van der Waals surface area contributed by atoms with Gasteiger partial charge >= 0.3 is 6.09 Å². The third-order valence-electron chi connectivity index (χ3n) is 4.80. The lowest BCUT2D eigenvalue weighted by Gasteiger charge is -2.31. The minimum Gasteiger partial charge on any atom is -0.450 e. The standard InChI is InChI=1S/C19H26N4O3/c1-3-26-19(25)22-12-9-15(10-13-22)21-18(24)8-7-16-14(2)20-17-6-4-5-11-23(16)17/h4-6,11,15H,3,7-10,12-13H2,1-2H3,(H,21,24). The largest absolute Gasteiger partial charge is 0.450 e. The number of ether oxygens (including phenoxy) is 1. The number of nitrogens with one attached hydrogen (secondary N) is 1. The molecule has 1 fully saturated rings. The van der Waals surface area contributed by atoms with Crippen molar-refractivity contribution in [1.82, 2.24) is 19.6 Å². The Kier molecular flexibility index (Phi) is 5.75. The summed E-state index contributed by atoms with van der Waals surface area (Å²) in [5, 5.41) is 3.09. The zero-order chi connectivity index (χ0) is 18.5. The number of carbonyl (C=O) groups is 2. The molecule has 1 aliphatic rings. The van der Waals surface area contributed by atoms with Gasteiger partial charge in [0.25, 0.3) is 0 Å². The number of carbonyl (C=O) groups excluding carboxylic acids is 2. The molecule has 7 nitrogen and oxygen atoms in total. The summed E-state index contributed by atoms with van der Waals surface area (Å²) in [5.74, 6) is 0.0462. The van der Waals surface area contributed by atoms with Crippen molar-refractivity contribution < 1.29 is 14.3 Å². The van der Waals surface area contributed by atoms with Gasteiger partial charge in [-0.1, -0.05) is 6.07 Å². The Bertz CT molecular complexity index is 778. The van der Waals surface area contributed by atoms with Crippen molar-refractivity contribution in [2.24, 2.45) is 0 Å². The summed E-state index contributed by atoms with van der Waals surface area (Å²) in [4.78, 5) is 30.3. The molecule has 0 saturated carbocycles. The molecule has 7 heteroatoms. The molecule has 0 atom stereocenters. The van der Waals surface area contributed by atoms with Crippen molar-refractivity contribution in [3.05, 3.63) is 35.8 Å². The van der Waals surface area contributed by atoms with Crippen LogP contribution in [0.5, 0.6) is 0 Å². The second-order valence-electron chi connectivity index (χ2n) is 6.60. The number of likely N-dealkylation sites (tertiary alicyclic amines) is 1. The van der Waals surface area contributed by atoms with Crippen LogP contribution in [0.4, 0.5) is 4.79 Å². The molecule has 0 spiro atoms. The van der Waals surface area contributed by atoms with E-state index in [1.807, 2.05) is 35.7 Å². The number of hydrogen-bond acceptors (Lipinski definition) is 4. The van der Waals surface area contributed by atoms with Crippen molar-refractivity contribution in [1.29, 1.82) is 0 Å². The Balaban J connectivity index is 1.48. The van der Waals surface area contributed by atoms with Crippen LogP contribution < -0.4 is 5.32 Å². The SMILES string of the molecule is CCOC(=O)N1CCC(NC(=O)CCc2c(C)nc3ccccn23)CC1. The van der Waals surface area contributed by atoms with Crippen LogP contribution >= 0.6 is 0 Å². The van der Waals surface area contributed by atoms with Gasteiger partial charge in [-0.15, -0.1) is 0 Å². The number of pyridine rings is 1. The summed E-state index contributed by atoms with van der Waals surface area (Å²) in [5.41, 5.74) is 2.95. The number of nitrogens with zero attached hydrogens (tertiary/aromatic N) is 3. The van der Waals surface area contributed by atoms with E-state index in [-0.39, 0.29) is 18.0 Å². The maximum Gasteiger partial charge on any atom is 0.409 e. The molecule has 0 aromatic carbocycles. The Morgan fingerprint density at radius 1 is 1.31 bits per heavy atom. The molecule has 1 aliphatic heterocycles. The average molecular weight is 358 g/mol. The fourth-order valence-electron chi connectivity index (χ4n) is 3.42. The number of aryl methyl sites for hydroxylation is 2. The van der Waals surface area contributed by atoms with E-state index >= 15 is 0 Å². The van der Waals surface area contributed by atoms with E-state index in [1.54, 1.807) is 11.8 Å². The number of imidazole rings is 1. The zero-order valence-corrected chi connectivity index (χ0v) is 15.4. The van der Waals surface area contributed by atoms with Crippen LogP contribution in [-0.4, -0.2) is 52.0 Å². The Hall–Kier alpha value is -2.57. The van der Waals surface area contributed by atoms with Crippen molar-refractivity contribution in [2.75, 3.05) is 19.7 Å². The molecule has 26 heavy (non-hydrogen) atoms. The molecule has 1 saturated heterocycles. The number of piperidine rings is 1. The third kappa shape index (κ3) is 4.15. The molecule has 3 heterocycles. The molecule has 0 radical (unpaired) electrons. The van der Waals surface area contributed by atoms with Gasteiger partial charge in [0.2, 0.25) is 5.91 Å². The maximum atomic E-state index is 12.3. The minimum absolute atomic E-state index is 0.0462. The van der Waals surface area contributed by atoms with Crippen molar-refractivity contribution in [3.8, 4) is 0 Å². The molecule has 140 valence electrons. The zero-order valence-electron chi connectivity index (χ0n) is 15.4. The van der Waals surface area contributed by atoms with Gasteiger partial charge in [-0.25, -0.2) is 9.78 Å². The van der Waals surface area contributed by atoms with Gasteiger partial charge in [0.1, 0.15) is 5.65 Å². The van der Waals surface area contributed by atoms with Crippen LogP contribution in [-0.2, 0) is 16.0 Å². The monoisotopic (exact) mass is 358 g/mol. The topological polar surface area (TPSA) is 75.9 Å². The van der Waals surface area contributed by atoms with E-state index in [1.165, 1.54) is 0 Å². The first kappa shape index (κ1) is 18.2. The van der Waals surface area contributed by atoms with Gasteiger partial charge in [0.15, 0.2) is 0 Å². The summed E-state index contributed by atoms with van der Waals surface area (Å²) in [6.45, 7) is 5.41. The highest BCUT2D eigenvalue weighted by Gasteiger charge is 2.24. The van der Waals surface area contributed by atoms with Crippen LogP contribution in [0.1, 0.15) is 37.6 Å². The van der Waals surface area contributed by atoms with E-state index in [9.17, 15) is 9.59 Å². The smallest absolute Gasteiger partial charge is 0.409 e. The summed E-state index contributed by atoms with van der Waals surface area (Å²) in [7, 11) is 0. The number of aromatic nitrogens is 2. The molecule has 0 unspecified atom stereocenters. The molecule has 0 aliphatic carbocycles. The van der Waals surface area contributed by atoms with E-state index in [0.717, 1.165) is 29.9 Å². The molecule has 3 rings (SSSR count). The van der Waals surface area contributed by atoms with Gasteiger partial charge in [-0.2, -0.15) is 0 Å². The summed E-state index contributed by atoms with van der Waals surface area (Å²) in [6, 6.07) is 6.01. The molecular formula is C19H26N4O3. The normalized spacial score (nSPS) is 15.2. The van der Waals surface area contributed by atoms with Gasteiger partial charge in [-0.3, -0.25) is 4.79 Å². The van der Waals surface area contributed by atoms with Gasteiger partial charge < -0.3 is 19.4 Å². The first-order valence-corrected chi connectivity index (χ1v) is 9.22. The highest BCUT2D eigenvalue weighted by Crippen LogP contribution is 2.15. The van der Waals surface area contributed by atoms with Crippen molar-refractivity contribution >= 4 is 17.6 Å². The predicted octanol–water partition coefficient (Wildman–Crippen LogP) is 2.31. The molecule has 1 N–H and O–H groups in total. The first-order chi connectivity index (χ1) is 12.6. The highest BCUT2D eigenvalue weighted by molar-refractivity contribution is 5.76. The molecule has 0 bridgehead atoms. The fraction of sp³-hybridized carbons (Fsp3) is 0.526. The molecular weight excluding hydrogens is 332 g/mol. The van der Waals surface area contributed by atoms with E-state index < -0.39 is 0 Å². The number of rotatable bonds is 5. The van der Waals surface area contributed by atoms with Crippen LogP contribution in [0.25, 0.3) is 5.65 Å². The molecule has 2 aromatic heterocycles. The number of hydrogen-bond donors (Lipinski definition) is 1. The minimum atomic E-state index is -0.264. The quantitative estimate of drug-likeness (QED) is 0.890. The number of amides is 2. The number of fused-ring (bicyclic) bond motifs is 1. The van der Waals surface area contributed by atoms with Crippen LogP contribution in [0.2, 0.25) is 0 Å². The molecule has 2 aromatic rings. The van der Waals surface area contributed by atoms with Crippen LogP contribution in [0.3, 0.4) is 0 Å². The van der Waals surface area contributed by atoms with Gasteiger partial charge in [0, 0.05) is 37.4 Å². The maximum absolute atomic E-state index is 12.3. The van der Waals surface area contributed by atoms with Crippen molar-refractivity contribution in [2.45, 2.75) is 45.6 Å². The van der Waals surface area contributed by atoms with Crippen molar-refractivity contribution in [3.63, 3.8) is 0 Å². The lowest BCUT2D eigenvalue weighted by atomic mass is 10.0. The first-order valence-electron chi connectivity index (χ1n) is 9.22. The van der Waals surface area contributed by atoms with Crippen LogP contribution in [0, 0.1) is 6.92 Å². The fourth-order valence-corrected chi connectivity index (χ4v) is 3.42. The van der Waals surface area contributed by atoms with E-state index in [4.69, 9.17) is 4.74 Å². The third-order valence-corrected chi connectivity index (χ3v) is 4.80. The second-order valence-corrected chi connectivity index (χ2v) is 6.60. The van der Waals surface area contributed by atoms with Gasteiger partial charge in [-0.05, 0) is 45.2 Å². The summed E-state index contributed by atoms with van der Waals surface area (Å²) >= 11 is 0. The summed E-state index contributed by atoms with van der Waals surface area (Å²) in [6.07, 6.45) is 4.33.